The first-order valence-electron chi connectivity index (χ1n) is 5.18. The van der Waals surface area contributed by atoms with E-state index in [1.807, 2.05) is 13.8 Å². The monoisotopic (exact) mass is 195 g/mol. The largest absolute Gasteiger partial charge is 0.383 e. The fourth-order valence-electron chi connectivity index (χ4n) is 2.18. The van der Waals surface area contributed by atoms with Gasteiger partial charge < -0.3 is 5.11 Å². The second kappa shape index (κ2) is 3.05. The quantitative estimate of drug-likeness (QED) is 0.787. The number of hydrogen-bond acceptors (Lipinski definition) is 3. The first-order chi connectivity index (χ1) is 6.57. The zero-order valence-corrected chi connectivity index (χ0v) is 8.94. The van der Waals surface area contributed by atoms with Crippen LogP contribution in [0.4, 0.5) is 0 Å². The van der Waals surface area contributed by atoms with Crippen LogP contribution in [0.25, 0.3) is 0 Å². The highest BCUT2D eigenvalue weighted by Gasteiger charge is 2.49. The third-order valence-corrected chi connectivity index (χ3v) is 3.27. The van der Waals surface area contributed by atoms with E-state index in [9.17, 15) is 5.11 Å². The van der Waals surface area contributed by atoms with Crippen LogP contribution in [0.15, 0.2) is 6.20 Å². The molecule has 4 heteroatoms. The lowest BCUT2D eigenvalue weighted by Crippen LogP contribution is -2.28. The zero-order valence-electron chi connectivity index (χ0n) is 8.94. The highest BCUT2D eigenvalue weighted by atomic mass is 16.3. The molecule has 3 unspecified atom stereocenters. The van der Waals surface area contributed by atoms with Gasteiger partial charge in [0.05, 0.1) is 11.9 Å². The lowest BCUT2D eigenvalue weighted by Gasteiger charge is -2.23. The summed E-state index contributed by atoms with van der Waals surface area (Å²) in [5.74, 6) is 0.983. The van der Waals surface area contributed by atoms with Crippen LogP contribution in [-0.4, -0.2) is 20.1 Å². The van der Waals surface area contributed by atoms with Crippen molar-refractivity contribution in [2.45, 2.75) is 39.3 Å². The molecular formula is C10H17N3O. The third-order valence-electron chi connectivity index (χ3n) is 3.27. The zero-order chi connectivity index (χ0) is 10.3. The van der Waals surface area contributed by atoms with Gasteiger partial charge in [-0.15, -0.1) is 5.10 Å². The predicted molar refractivity (Wildman–Crippen MR) is 52.5 cm³/mol. The molecular weight excluding hydrogens is 178 g/mol. The van der Waals surface area contributed by atoms with Crippen molar-refractivity contribution >= 4 is 0 Å². The van der Waals surface area contributed by atoms with Gasteiger partial charge in [-0.25, -0.2) is 4.68 Å². The summed E-state index contributed by atoms with van der Waals surface area (Å²) in [7, 11) is 0. The smallest absolute Gasteiger partial charge is 0.108 e. The Labute approximate surface area is 83.9 Å². The summed E-state index contributed by atoms with van der Waals surface area (Å²) in [6.07, 6.45) is 2.77. The van der Waals surface area contributed by atoms with Gasteiger partial charge >= 0.3 is 0 Å². The van der Waals surface area contributed by atoms with Crippen molar-refractivity contribution in [2.75, 3.05) is 0 Å². The topological polar surface area (TPSA) is 50.9 Å². The van der Waals surface area contributed by atoms with Crippen molar-refractivity contribution in [1.82, 2.24) is 15.0 Å². The molecule has 1 aromatic rings. The van der Waals surface area contributed by atoms with E-state index >= 15 is 0 Å². The second-order valence-electron chi connectivity index (χ2n) is 4.40. The summed E-state index contributed by atoms with van der Waals surface area (Å²) in [6.45, 7) is 6.79. The average molecular weight is 195 g/mol. The number of aliphatic hydroxyl groups is 1. The molecule has 0 aromatic carbocycles. The third kappa shape index (κ3) is 1.34. The van der Waals surface area contributed by atoms with E-state index in [0.717, 1.165) is 18.7 Å². The molecule has 4 nitrogen and oxygen atoms in total. The fourth-order valence-corrected chi connectivity index (χ4v) is 2.18. The molecule has 0 saturated heterocycles. The van der Waals surface area contributed by atoms with Gasteiger partial charge in [0.25, 0.3) is 0 Å². The molecule has 78 valence electrons. The molecule has 0 spiro atoms. The molecule has 14 heavy (non-hydrogen) atoms. The lowest BCUT2D eigenvalue weighted by molar-refractivity contribution is 0.0194. The Morgan fingerprint density at radius 2 is 2.36 bits per heavy atom. The van der Waals surface area contributed by atoms with Gasteiger partial charge in [-0.1, -0.05) is 12.1 Å². The first kappa shape index (κ1) is 9.65. The van der Waals surface area contributed by atoms with E-state index in [2.05, 4.69) is 17.2 Å². The molecule has 1 aromatic heterocycles. The molecule has 1 fully saturated rings. The highest BCUT2D eigenvalue weighted by Crippen LogP contribution is 2.50. The molecule has 1 aliphatic rings. The van der Waals surface area contributed by atoms with Gasteiger partial charge in [0.2, 0.25) is 0 Å². The van der Waals surface area contributed by atoms with E-state index in [-0.39, 0.29) is 0 Å². The van der Waals surface area contributed by atoms with Gasteiger partial charge in [-0.05, 0) is 32.1 Å². The molecule has 1 heterocycles. The molecule has 3 atom stereocenters. The lowest BCUT2D eigenvalue weighted by atomic mass is 9.95. The Hall–Kier alpha value is -0.900. The maximum absolute atomic E-state index is 10.4. The second-order valence-corrected chi connectivity index (χ2v) is 4.40. The Bertz CT molecular complexity index is 332. The van der Waals surface area contributed by atoms with Gasteiger partial charge in [0.15, 0.2) is 0 Å². The van der Waals surface area contributed by atoms with E-state index in [1.165, 1.54) is 0 Å². The molecule has 0 radical (unpaired) electrons. The maximum Gasteiger partial charge on any atom is 0.108 e. The molecule has 2 rings (SSSR count). The van der Waals surface area contributed by atoms with Gasteiger partial charge in [-0.3, -0.25) is 0 Å². The Morgan fingerprint density at radius 3 is 2.86 bits per heavy atom. The van der Waals surface area contributed by atoms with Crippen molar-refractivity contribution in [1.29, 1.82) is 0 Å². The summed E-state index contributed by atoms with van der Waals surface area (Å²) in [5, 5.41) is 18.2. The van der Waals surface area contributed by atoms with Crippen LogP contribution in [0.5, 0.6) is 0 Å². The van der Waals surface area contributed by atoms with Gasteiger partial charge in [0, 0.05) is 6.54 Å². The first-order valence-corrected chi connectivity index (χ1v) is 5.18. The van der Waals surface area contributed by atoms with Crippen LogP contribution in [0.3, 0.4) is 0 Å². The minimum Gasteiger partial charge on any atom is -0.383 e. The number of rotatable bonds is 3. The van der Waals surface area contributed by atoms with Crippen molar-refractivity contribution in [3.8, 4) is 0 Å². The summed E-state index contributed by atoms with van der Waals surface area (Å²) >= 11 is 0. The van der Waals surface area contributed by atoms with Crippen molar-refractivity contribution < 1.29 is 5.11 Å². The number of nitrogens with zero attached hydrogens (tertiary/aromatic N) is 3. The molecule has 1 aliphatic carbocycles. The summed E-state index contributed by atoms with van der Waals surface area (Å²) in [5.41, 5.74) is 0.0770. The summed E-state index contributed by atoms with van der Waals surface area (Å²) in [6, 6.07) is 0. The number of aromatic nitrogens is 3. The predicted octanol–water partition coefficient (Wildman–Crippen LogP) is 1.16. The standard InChI is InChI=1S/C10H17N3O/c1-4-13-9(6-11-12-13)10(3,14)8-5-7(8)2/h6-8,14H,4-5H2,1-3H3. The SMILES string of the molecule is CCn1nncc1C(C)(O)C1CC1C. The minimum atomic E-state index is -0.765. The van der Waals surface area contributed by atoms with Crippen molar-refractivity contribution in [2.24, 2.45) is 11.8 Å². The van der Waals surface area contributed by atoms with E-state index in [0.29, 0.717) is 11.8 Å². The summed E-state index contributed by atoms with van der Waals surface area (Å²) < 4.78 is 1.77. The van der Waals surface area contributed by atoms with Crippen LogP contribution in [-0.2, 0) is 12.1 Å². The minimum absolute atomic E-state index is 0.367. The molecule has 1 saturated carbocycles. The van der Waals surface area contributed by atoms with Crippen LogP contribution in [0, 0.1) is 11.8 Å². The van der Waals surface area contributed by atoms with Crippen LogP contribution in [0.1, 0.15) is 32.9 Å². The Kier molecular flexibility index (Phi) is 2.10. The van der Waals surface area contributed by atoms with E-state index in [4.69, 9.17) is 0 Å². The molecule has 0 bridgehead atoms. The van der Waals surface area contributed by atoms with Crippen LogP contribution in [0.2, 0.25) is 0 Å². The van der Waals surface area contributed by atoms with Gasteiger partial charge in [0.1, 0.15) is 5.60 Å². The maximum atomic E-state index is 10.4. The van der Waals surface area contributed by atoms with Crippen LogP contribution >= 0.6 is 0 Å². The average Bonchev–Trinajstić information content (AvgIpc) is 2.69. The molecule has 0 aliphatic heterocycles. The van der Waals surface area contributed by atoms with Gasteiger partial charge in [-0.2, -0.15) is 0 Å². The number of hydrogen-bond donors (Lipinski definition) is 1. The Balaban J connectivity index is 2.29. The van der Waals surface area contributed by atoms with Crippen LogP contribution < -0.4 is 0 Å². The Morgan fingerprint density at radius 1 is 1.71 bits per heavy atom. The van der Waals surface area contributed by atoms with Crippen molar-refractivity contribution in [3.05, 3.63) is 11.9 Å². The number of aryl methyl sites for hydroxylation is 1. The van der Waals surface area contributed by atoms with Crippen molar-refractivity contribution in [3.63, 3.8) is 0 Å². The van der Waals surface area contributed by atoms with E-state index < -0.39 is 5.60 Å². The molecule has 0 amide bonds. The summed E-state index contributed by atoms with van der Waals surface area (Å²) in [4.78, 5) is 0. The fraction of sp³-hybridized carbons (Fsp3) is 0.800. The highest BCUT2D eigenvalue weighted by molar-refractivity contribution is 5.13. The van der Waals surface area contributed by atoms with E-state index in [1.54, 1.807) is 10.9 Å². The molecule has 1 N–H and O–H groups in total. The normalized spacial score (nSPS) is 30.0.